The lowest BCUT2D eigenvalue weighted by atomic mass is 10.1. The number of para-hydroxylation sites is 1. The predicted molar refractivity (Wildman–Crippen MR) is 153 cm³/mol. The zero-order valence-corrected chi connectivity index (χ0v) is 23.4. The van der Waals surface area contributed by atoms with Crippen LogP contribution in [0.3, 0.4) is 0 Å². The van der Waals surface area contributed by atoms with Gasteiger partial charge in [-0.2, -0.15) is 5.10 Å². The summed E-state index contributed by atoms with van der Waals surface area (Å²) in [5.41, 5.74) is 9.90. The molecule has 9 heteroatoms. The largest absolute Gasteiger partial charge is 0.317 e. The molecular formula is C30H31FN4O3S. The number of hydrazone groups is 1. The van der Waals surface area contributed by atoms with E-state index in [1.54, 1.807) is 30.5 Å². The van der Waals surface area contributed by atoms with Crippen molar-refractivity contribution in [3.05, 3.63) is 112 Å². The molecule has 0 unspecified atom stereocenters. The van der Waals surface area contributed by atoms with Gasteiger partial charge in [-0.25, -0.2) is 18.2 Å². The molecule has 0 radical (unpaired) electrons. The summed E-state index contributed by atoms with van der Waals surface area (Å²) in [6.07, 6.45) is 1.55. The van der Waals surface area contributed by atoms with Crippen molar-refractivity contribution < 1.29 is 17.6 Å². The summed E-state index contributed by atoms with van der Waals surface area (Å²) in [5.74, 6) is -1.18. The molecule has 7 nitrogen and oxygen atoms in total. The minimum atomic E-state index is -4.15. The standard InChI is InChI=1S/C30H31FN4O3S/c1-20-9-13-27(14-10-20)34(39(37,38)28-15-11-26(31)12-16-28)19-29(36)33-32-18-25-17-23(4)35(24(25)5)30-21(2)7-6-8-22(30)3/h6-18H,19H2,1-5H3,(H,33,36)/b32-18-. The van der Waals surface area contributed by atoms with Crippen LogP contribution in [0.25, 0.3) is 5.69 Å². The van der Waals surface area contributed by atoms with Crippen molar-refractivity contribution in [1.82, 2.24) is 9.99 Å². The fourth-order valence-corrected chi connectivity index (χ4v) is 5.94. The van der Waals surface area contributed by atoms with Crippen molar-refractivity contribution in [2.75, 3.05) is 10.8 Å². The molecule has 0 fully saturated rings. The Morgan fingerprint density at radius 1 is 0.949 bits per heavy atom. The first-order valence-corrected chi connectivity index (χ1v) is 13.9. The van der Waals surface area contributed by atoms with Gasteiger partial charge in [0.2, 0.25) is 0 Å². The maximum absolute atomic E-state index is 13.4. The highest BCUT2D eigenvalue weighted by Gasteiger charge is 2.27. The molecule has 1 amide bonds. The molecule has 0 aliphatic heterocycles. The minimum absolute atomic E-state index is 0.125. The minimum Gasteiger partial charge on any atom is -0.317 e. The number of hydrogen-bond acceptors (Lipinski definition) is 4. The Labute approximate surface area is 228 Å². The lowest BCUT2D eigenvalue weighted by Crippen LogP contribution is -2.39. The van der Waals surface area contributed by atoms with Gasteiger partial charge in [-0.1, -0.05) is 35.9 Å². The summed E-state index contributed by atoms with van der Waals surface area (Å²) in [7, 11) is -4.15. The van der Waals surface area contributed by atoms with Gasteiger partial charge in [-0.3, -0.25) is 9.10 Å². The zero-order valence-electron chi connectivity index (χ0n) is 22.6. The summed E-state index contributed by atoms with van der Waals surface area (Å²) in [6, 6.07) is 19.4. The lowest BCUT2D eigenvalue weighted by Gasteiger charge is -2.23. The van der Waals surface area contributed by atoms with Gasteiger partial charge in [0.15, 0.2) is 0 Å². The molecule has 39 heavy (non-hydrogen) atoms. The molecule has 1 N–H and O–H groups in total. The van der Waals surface area contributed by atoms with Gasteiger partial charge in [0.25, 0.3) is 15.9 Å². The van der Waals surface area contributed by atoms with E-state index in [2.05, 4.69) is 41.1 Å². The molecule has 1 aromatic heterocycles. The smallest absolute Gasteiger partial charge is 0.264 e. The van der Waals surface area contributed by atoms with E-state index >= 15 is 0 Å². The average molecular weight is 547 g/mol. The summed E-state index contributed by atoms with van der Waals surface area (Å²) in [4.78, 5) is 12.8. The first-order valence-electron chi connectivity index (χ1n) is 12.4. The molecule has 0 bridgehead atoms. The molecule has 4 aromatic rings. The van der Waals surface area contributed by atoms with Gasteiger partial charge in [0, 0.05) is 17.0 Å². The maximum Gasteiger partial charge on any atom is 0.264 e. The maximum atomic E-state index is 13.4. The predicted octanol–water partition coefficient (Wildman–Crippen LogP) is 5.50. The summed E-state index contributed by atoms with van der Waals surface area (Å²) >= 11 is 0. The van der Waals surface area contributed by atoms with Crippen molar-refractivity contribution >= 4 is 27.8 Å². The van der Waals surface area contributed by atoms with Crippen molar-refractivity contribution in [2.45, 2.75) is 39.5 Å². The molecule has 202 valence electrons. The number of rotatable bonds is 8. The Kier molecular flexibility index (Phi) is 8.01. The summed E-state index contributed by atoms with van der Waals surface area (Å²) < 4.78 is 43.4. The zero-order chi connectivity index (χ0) is 28.3. The highest BCUT2D eigenvalue weighted by molar-refractivity contribution is 7.92. The number of aryl methyl sites for hydroxylation is 4. The Hall–Kier alpha value is -4.24. The van der Waals surface area contributed by atoms with Crippen LogP contribution in [0.5, 0.6) is 0 Å². The second-order valence-electron chi connectivity index (χ2n) is 9.50. The number of carbonyl (C=O) groups excluding carboxylic acids is 1. The number of carbonyl (C=O) groups is 1. The number of amides is 1. The molecule has 1 heterocycles. The second-order valence-corrected chi connectivity index (χ2v) is 11.4. The Morgan fingerprint density at radius 3 is 2.18 bits per heavy atom. The van der Waals surface area contributed by atoms with E-state index in [4.69, 9.17) is 0 Å². The van der Waals surface area contributed by atoms with E-state index < -0.39 is 28.3 Å². The molecule has 4 rings (SSSR count). The number of benzene rings is 3. The van der Waals surface area contributed by atoms with Crippen LogP contribution in [-0.4, -0.2) is 31.7 Å². The van der Waals surface area contributed by atoms with Gasteiger partial charge in [-0.15, -0.1) is 0 Å². The number of aromatic nitrogens is 1. The van der Waals surface area contributed by atoms with Crippen LogP contribution in [0.4, 0.5) is 10.1 Å². The third-order valence-corrected chi connectivity index (χ3v) is 8.33. The van der Waals surface area contributed by atoms with Crippen LogP contribution in [0.15, 0.2) is 82.8 Å². The van der Waals surface area contributed by atoms with Crippen LogP contribution in [0.1, 0.15) is 33.6 Å². The van der Waals surface area contributed by atoms with Gasteiger partial charge >= 0.3 is 0 Å². The second kappa shape index (κ2) is 11.2. The van der Waals surface area contributed by atoms with Gasteiger partial charge in [-0.05, 0) is 88.2 Å². The van der Waals surface area contributed by atoms with Crippen molar-refractivity contribution in [2.24, 2.45) is 5.10 Å². The Bertz CT molecular complexity index is 1620. The third kappa shape index (κ3) is 5.93. The first kappa shape index (κ1) is 27.8. The summed E-state index contributed by atoms with van der Waals surface area (Å²) in [5, 5.41) is 4.11. The van der Waals surface area contributed by atoms with Crippen molar-refractivity contribution in [1.29, 1.82) is 0 Å². The average Bonchev–Trinajstić information content (AvgIpc) is 3.16. The first-order chi connectivity index (χ1) is 18.5. The molecule has 0 aliphatic carbocycles. The molecule has 0 spiro atoms. The van der Waals surface area contributed by atoms with E-state index in [0.29, 0.717) is 5.69 Å². The topological polar surface area (TPSA) is 83.8 Å². The van der Waals surface area contributed by atoms with Gasteiger partial charge < -0.3 is 4.57 Å². The number of halogens is 1. The van der Waals surface area contributed by atoms with Crippen LogP contribution in [0.2, 0.25) is 0 Å². The van der Waals surface area contributed by atoms with Crippen LogP contribution in [0, 0.1) is 40.4 Å². The SMILES string of the molecule is Cc1ccc(N(CC(=O)N/N=C\c2cc(C)n(-c3c(C)cccc3C)c2C)S(=O)(=O)c2ccc(F)cc2)cc1. The Morgan fingerprint density at radius 2 is 1.56 bits per heavy atom. The van der Waals surface area contributed by atoms with Crippen molar-refractivity contribution in [3.8, 4) is 5.69 Å². The van der Waals surface area contributed by atoms with Crippen LogP contribution in [-0.2, 0) is 14.8 Å². The number of anilines is 1. The van der Waals surface area contributed by atoms with Gasteiger partial charge in [0.05, 0.1) is 22.5 Å². The quantitative estimate of drug-likeness (QED) is 0.234. The number of sulfonamides is 1. The normalized spacial score (nSPS) is 11.6. The Balaban J connectivity index is 1.57. The van der Waals surface area contributed by atoms with Gasteiger partial charge in [0.1, 0.15) is 12.4 Å². The molecular weight excluding hydrogens is 515 g/mol. The van der Waals surface area contributed by atoms with Crippen LogP contribution >= 0.6 is 0 Å². The molecule has 0 saturated heterocycles. The third-order valence-electron chi connectivity index (χ3n) is 6.54. The van der Waals surface area contributed by atoms with E-state index in [-0.39, 0.29) is 4.90 Å². The molecule has 0 aliphatic rings. The van der Waals surface area contributed by atoms with E-state index in [9.17, 15) is 17.6 Å². The summed E-state index contributed by atoms with van der Waals surface area (Å²) in [6.45, 7) is 9.48. The lowest BCUT2D eigenvalue weighted by molar-refractivity contribution is -0.119. The highest BCUT2D eigenvalue weighted by atomic mass is 32.2. The number of hydrogen-bond donors (Lipinski definition) is 1. The van der Waals surface area contributed by atoms with E-state index in [0.717, 1.165) is 55.8 Å². The molecule has 3 aromatic carbocycles. The molecule has 0 atom stereocenters. The highest BCUT2D eigenvalue weighted by Crippen LogP contribution is 2.26. The fraction of sp³-hybridized carbons (Fsp3) is 0.200. The van der Waals surface area contributed by atoms with Crippen LogP contribution < -0.4 is 9.73 Å². The van der Waals surface area contributed by atoms with E-state index in [1.165, 1.54) is 12.1 Å². The fourth-order valence-electron chi connectivity index (χ4n) is 4.52. The number of nitrogens with one attached hydrogen (secondary N) is 1. The monoisotopic (exact) mass is 546 g/mol. The van der Waals surface area contributed by atoms with Crippen molar-refractivity contribution in [3.63, 3.8) is 0 Å². The number of nitrogens with zero attached hydrogens (tertiary/aromatic N) is 3. The molecule has 0 saturated carbocycles. The van der Waals surface area contributed by atoms with E-state index in [1.807, 2.05) is 32.9 Å².